The Hall–Kier alpha value is -5.46. The molecule has 302 valence electrons. The molecule has 4 fully saturated rings. The van der Waals surface area contributed by atoms with E-state index in [0.717, 1.165) is 95.9 Å². The molecule has 12 nitrogen and oxygen atoms in total. The van der Waals surface area contributed by atoms with Gasteiger partial charge in [0.15, 0.2) is 0 Å². The summed E-state index contributed by atoms with van der Waals surface area (Å²) in [7, 11) is 0. The van der Waals surface area contributed by atoms with Crippen LogP contribution in [0.15, 0.2) is 60.9 Å². The zero-order chi connectivity index (χ0) is 40.6. The Labute approximate surface area is 339 Å². The maximum Gasteiger partial charge on any atom is 0.326 e. The number of benzene rings is 2. The van der Waals surface area contributed by atoms with Gasteiger partial charge >= 0.3 is 11.9 Å². The number of aromatic nitrogens is 2. The van der Waals surface area contributed by atoms with Crippen LogP contribution in [0.1, 0.15) is 131 Å². The van der Waals surface area contributed by atoms with Crippen LogP contribution in [0.3, 0.4) is 0 Å². The lowest BCUT2D eigenvalue weighted by molar-refractivity contribution is -0.147. The minimum absolute atomic E-state index is 0.206. The van der Waals surface area contributed by atoms with Crippen LogP contribution in [0.5, 0.6) is 0 Å². The fraction of sp³-hybridized carbons (Fsp3) is 0.435. The number of pyridine rings is 2. The Kier molecular flexibility index (Phi) is 10.9. The molecular weight excluding hydrogens is 733 g/mol. The molecule has 4 aromatic rings. The largest absolute Gasteiger partial charge is 0.465 e. The number of ether oxygens (including phenoxy) is 2. The number of carbonyl (C=O) groups excluding carboxylic acids is 4. The van der Waals surface area contributed by atoms with Crippen LogP contribution >= 0.6 is 0 Å². The normalized spacial score (nSPS) is 17.2. The highest BCUT2D eigenvalue weighted by molar-refractivity contribution is 6.05. The summed E-state index contributed by atoms with van der Waals surface area (Å²) < 4.78 is 10.6. The van der Waals surface area contributed by atoms with E-state index in [1.54, 1.807) is 12.4 Å². The highest BCUT2D eigenvalue weighted by Gasteiger charge is 2.52. The third-order valence-corrected chi connectivity index (χ3v) is 12.1. The van der Waals surface area contributed by atoms with E-state index >= 15 is 0 Å². The van der Waals surface area contributed by atoms with Crippen molar-refractivity contribution >= 4 is 35.1 Å². The molecule has 4 aliphatic carbocycles. The number of esters is 2. The van der Waals surface area contributed by atoms with Gasteiger partial charge in [0.05, 0.1) is 13.2 Å². The van der Waals surface area contributed by atoms with E-state index in [0.29, 0.717) is 60.9 Å². The number of hydrogen-bond acceptors (Lipinski definition) is 10. The molecule has 2 aromatic carbocycles. The molecule has 0 unspecified atom stereocenters. The van der Waals surface area contributed by atoms with Crippen molar-refractivity contribution in [2.45, 2.75) is 115 Å². The van der Waals surface area contributed by atoms with Crippen molar-refractivity contribution < 1.29 is 28.7 Å². The standard InChI is InChI=1S/C46H52N6O6/c1-5-57-43(55)45(17-18-45)49-25-31-23-47-39(21-35(31)29-13-14-29)41(53)51-37-11-7-9-33(27(37)3)34-10-8-12-38(28(34)4)52-42(54)40-22-36(30-15-16-30)32(24-48-40)26-50-46(19-20-46)44(56)58-6-2/h7-12,21-24,29-30,49-50H,5-6,13-20,25-26H2,1-4H3,(H,51,53)(H,52,54). The molecule has 2 aromatic heterocycles. The summed E-state index contributed by atoms with van der Waals surface area (Å²) in [5, 5.41) is 13.0. The summed E-state index contributed by atoms with van der Waals surface area (Å²) in [6, 6.07) is 15.4. The predicted octanol–water partition coefficient (Wildman–Crippen LogP) is 7.39. The maximum atomic E-state index is 13.7. The number of amides is 2. The van der Waals surface area contributed by atoms with Gasteiger partial charge in [0, 0.05) is 36.9 Å². The Morgan fingerprint density at radius 3 is 1.38 bits per heavy atom. The molecule has 0 atom stereocenters. The zero-order valence-corrected chi connectivity index (χ0v) is 33.8. The quantitative estimate of drug-likeness (QED) is 0.0795. The van der Waals surface area contributed by atoms with Crippen LogP contribution < -0.4 is 21.3 Å². The number of anilines is 2. The summed E-state index contributed by atoms with van der Waals surface area (Å²) in [6.45, 7) is 9.26. The molecule has 0 saturated heterocycles. The van der Waals surface area contributed by atoms with Crippen molar-refractivity contribution in [1.82, 2.24) is 20.6 Å². The summed E-state index contributed by atoms with van der Waals surface area (Å²) in [6.07, 6.45) is 10.8. The molecule has 2 heterocycles. The molecular formula is C46H52N6O6. The van der Waals surface area contributed by atoms with Crippen molar-refractivity contribution in [2.75, 3.05) is 23.8 Å². The van der Waals surface area contributed by atoms with Crippen molar-refractivity contribution in [2.24, 2.45) is 0 Å². The summed E-state index contributed by atoms with van der Waals surface area (Å²) in [5.74, 6) is -0.250. The van der Waals surface area contributed by atoms with E-state index in [9.17, 15) is 19.2 Å². The van der Waals surface area contributed by atoms with Gasteiger partial charge in [-0.05, 0) is 160 Å². The molecule has 0 aliphatic heterocycles. The van der Waals surface area contributed by atoms with Gasteiger partial charge < -0.3 is 20.1 Å². The van der Waals surface area contributed by atoms with E-state index in [4.69, 9.17) is 9.47 Å². The van der Waals surface area contributed by atoms with Gasteiger partial charge in [0.1, 0.15) is 22.5 Å². The monoisotopic (exact) mass is 784 g/mol. The van der Waals surface area contributed by atoms with E-state index in [-0.39, 0.29) is 23.8 Å². The number of nitrogens with one attached hydrogen (secondary N) is 4. The first-order valence-electron chi connectivity index (χ1n) is 20.7. The Balaban J connectivity index is 0.950. The van der Waals surface area contributed by atoms with Crippen LogP contribution in [0.25, 0.3) is 11.1 Å². The molecule has 4 N–H and O–H groups in total. The van der Waals surface area contributed by atoms with Gasteiger partial charge in [0.2, 0.25) is 0 Å². The van der Waals surface area contributed by atoms with Crippen molar-refractivity contribution in [3.63, 3.8) is 0 Å². The Morgan fingerprint density at radius 1 is 0.638 bits per heavy atom. The number of carbonyl (C=O) groups is 4. The molecule has 4 saturated carbocycles. The van der Waals surface area contributed by atoms with Crippen LogP contribution in [-0.2, 0) is 32.2 Å². The molecule has 0 bridgehead atoms. The number of hydrogen-bond donors (Lipinski definition) is 4. The third-order valence-electron chi connectivity index (χ3n) is 12.1. The Morgan fingerprint density at radius 2 is 1.03 bits per heavy atom. The SMILES string of the molecule is CCOC(=O)C1(NCc2cnc(C(=O)Nc3cccc(-c4cccc(NC(=O)c5cc(C6CC6)c(CNC6(C(=O)OCC)CC6)cn5)c4C)c3C)cc2C2CC2)CC1. The van der Waals surface area contributed by atoms with Gasteiger partial charge in [-0.1, -0.05) is 24.3 Å². The molecule has 4 aliphatic rings. The van der Waals surface area contributed by atoms with Crippen LogP contribution in [-0.4, -0.2) is 58.0 Å². The van der Waals surface area contributed by atoms with E-state index in [2.05, 4.69) is 31.2 Å². The minimum Gasteiger partial charge on any atom is -0.465 e. The van der Waals surface area contributed by atoms with Crippen LogP contribution in [0.4, 0.5) is 11.4 Å². The summed E-state index contributed by atoms with van der Waals surface area (Å²) in [5.41, 5.74) is 8.60. The number of rotatable bonds is 17. The minimum atomic E-state index is -0.616. The van der Waals surface area contributed by atoms with E-state index < -0.39 is 11.1 Å². The van der Waals surface area contributed by atoms with E-state index in [1.165, 1.54) is 0 Å². The average Bonchev–Trinajstić information content (AvgIpc) is 4.02. The fourth-order valence-corrected chi connectivity index (χ4v) is 7.81. The van der Waals surface area contributed by atoms with Gasteiger partial charge in [-0.15, -0.1) is 0 Å². The lowest BCUT2D eigenvalue weighted by Gasteiger charge is -2.18. The Bertz CT molecular complexity index is 2110. The summed E-state index contributed by atoms with van der Waals surface area (Å²) >= 11 is 0. The van der Waals surface area contributed by atoms with Crippen molar-refractivity contribution in [3.05, 3.63) is 106 Å². The second-order valence-corrected chi connectivity index (χ2v) is 16.3. The van der Waals surface area contributed by atoms with Gasteiger partial charge in [-0.25, -0.2) is 0 Å². The first kappa shape index (κ1) is 39.4. The molecule has 8 rings (SSSR count). The topological polar surface area (TPSA) is 161 Å². The van der Waals surface area contributed by atoms with Crippen molar-refractivity contribution in [1.29, 1.82) is 0 Å². The molecule has 12 heteroatoms. The first-order chi connectivity index (χ1) is 28.0. The highest BCUT2D eigenvalue weighted by Crippen LogP contribution is 2.44. The molecule has 0 spiro atoms. The van der Waals surface area contributed by atoms with E-state index in [1.807, 2.05) is 76.2 Å². The average molecular weight is 785 g/mol. The zero-order valence-electron chi connectivity index (χ0n) is 33.8. The molecule has 0 radical (unpaired) electrons. The number of nitrogens with zero attached hydrogens (tertiary/aromatic N) is 2. The molecule has 2 amide bonds. The first-order valence-corrected chi connectivity index (χ1v) is 20.7. The summed E-state index contributed by atoms with van der Waals surface area (Å²) in [4.78, 5) is 61.5. The lowest BCUT2D eigenvalue weighted by atomic mass is 9.94. The maximum absolute atomic E-state index is 13.7. The van der Waals surface area contributed by atoms with Gasteiger partial charge in [-0.3, -0.25) is 39.8 Å². The predicted molar refractivity (Wildman–Crippen MR) is 221 cm³/mol. The third kappa shape index (κ3) is 8.26. The van der Waals surface area contributed by atoms with Crippen LogP contribution in [0.2, 0.25) is 0 Å². The van der Waals surface area contributed by atoms with Crippen LogP contribution in [0, 0.1) is 13.8 Å². The van der Waals surface area contributed by atoms with Gasteiger partial charge in [-0.2, -0.15) is 0 Å². The fourth-order valence-electron chi connectivity index (χ4n) is 7.81. The second kappa shape index (κ2) is 16.1. The molecule has 58 heavy (non-hydrogen) atoms. The lowest BCUT2D eigenvalue weighted by Crippen LogP contribution is -2.40. The van der Waals surface area contributed by atoms with Gasteiger partial charge in [0.25, 0.3) is 11.8 Å². The second-order valence-electron chi connectivity index (χ2n) is 16.3. The highest BCUT2D eigenvalue weighted by atomic mass is 16.5. The van der Waals surface area contributed by atoms with Crippen molar-refractivity contribution in [3.8, 4) is 11.1 Å². The smallest absolute Gasteiger partial charge is 0.326 e.